The lowest BCUT2D eigenvalue weighted by molar-refractivity contribution is 0.220. The van der Waals surface area contributed by atoms with Crippen LogP contribution in [0.5, 0.6) is 0 Å². The SMILES string of the molecule is CCCCCCCCCCC(C)CN(CCCCCC)CCCCC(C)N. The molecule has 0 aliphatic rings. The summed E-state index contributed by atoms with van der Waals surface area (Å²) < 4.78 is 0. The second-order valence-corrected chi connectivity index (χ2v) is 9.20. The van der Waals surface area contributed by atoms with Crippen LogP contribution in [-0.4, -0.2) is 30.6 Å². The highest BCUT2D eigenvalue weighted by Gasteiger charge is 2.10. The highest BCUT2D eigenvalue weighted by atomic mass is 15.1. The van der Waals surface area contributed by atoms with Crippen LogP contribution in [0.15, 0.2) is 0 Å². The van der Waals surface area contributed by atoms with Gasteiger partial charge >= 0.3 is 0 Å². The lowest BCUT2D eigenvalue weighted by atomic mass is 10.0. The van der Waals surface area contributed by atoms with Crippen LogP contribution in [0.25, 0.3) is 0 Å². The number of nitrogens with zero attached hydrogens (tertiary/aromatic N) is 1. The summed E-state index contributed by atoms with van der Waals surface area (Å²) in [4.78, 5) is 2.76. The number of rotatable bonds is 21. The Kier molecular flexibility index (Phi) is 20.6. The van der Waals surface area contributed by atoms with E-state index in [2.05, 4.69) is 32.6 Å². The second-order valence-electron chi connectivity index (χ2n) is 9.20. The molecule has 0 aromatic rings. The second kappa shape index (κ2) is 20.6. The predicted octanol–water partition coefficient (Wildman–Crippen LogP) is 7.55. The fraction of sp³-hybridized carbons (Fsp3) is 1.00. The number of nitrogens with two attached hydrogens (primary N) is 1. The Morgan fingerprint density at radius 2 is 1.04 bits per heavy atom. The van der Waals surface area contributed by atoms with Crippen molar-refractivity contribution < 1.29 is 0 Å². The maximum Gasteiger partial charge on any atom is 0.00104 e. The third kappa shape index (κ3) is 20.5. The minimum atomic E-state index is 0.365. The molecule has 0 heterocycles. The fourth-order valence-electron chi connectivity index (χ4n) is 4.02. The van der Waals surface area contributed by atoms with Gasteiger partial charge in [0.1, 0.15) is 0 Å². The first-order valence-electron chi connectivity index (χ1n) is 12.6. The predicted molar refractivity (Wildman–Crippen MR) is 124 cm³/mol. The molecule has 2 unspecified atom stereocenters. The molecule has 0 saturated carbocycles. The normalized spacial score (nSPS) is 14.0. The monoisotopic (exact) mass is 382 g/mol. The first-order chi connectivity index (χ1) is 13.1. The van der Waals surface area contributed by atoms with Gasteiger partial charge in [-0.25, -0.2) is 0 Å². The minimum absolute atomic E-state index is 0.365. The van der Waals surface area contributed by atoms with E-state index in [0.717, 1.165) is 5.92 Å². The number of hydrogen-bond acceptors (Lipinski definition) is 2. The molecule has 0 fully saturated rings. The maximum absolute atomic E-state index is 5.90. The van der Waals surface area contributed by atoms with Gasteiger partial charge in [0, 0.05) is 12.6 Å². The topological polar surface area (TPSA) is 29.3 Å². The van der Waals surface area contributed by atoms with Gasteiger partial charge in [-0.3, -0.25) is 0 Å². The average molecular weight is 383 g/mol. The molecule has 0 radical (unpaired) electrons. The zero-order chi connectivity index (χ0) is 20.2. The van der Waals surface area contributed by atoms with Crippen molar-refractivity contribution in [3.63, 3.8) is 0 Å². The van der Waals surface area contributed by atoms with Crippen LogP contribution in [-0.2, 0) is 0 Å². The largest absolute Gasteiger partial charge is 0.328 e. The van der Waals surface area contributed by atoms with Gasteiger partial charge in [-0.1, -0.05) is 97.8 Å². The van der Waals surface area contributed by atoms with E-state index in [1.165, 1.54) is 122 Å². The molecule has 27 heavy (non-hydrogen) atoms. The van der Waals surface area contributed by atoms with E-state index in [1.54, 1.807) is 0 Å². The van der Waals surface area contributed by atoms with Gasteiger partial charge in [-0.15, -0.1) is 0 Å². The lowest BCUT2D eigenvalue weighted by Gasteiger charge is -2.26. The quantitative estimate of drug-likeness (QED) is 0.208. The average Bonchev–Trinajstić information content (AvgIpc) is 2.64. The molecule has 2 N–H and O–H groups in total. The number of hydrogen-bond donors (Lipinski definition) is 1. The van der Waals surface area contributed by atoms with Crippen LogP contribution in [0.3, 0.4) is 0 Å². The molecule has 0 bridgehead atoms. The third-order valence-electron chi connectivity index (χ3n) is 5.83. The van der Waals surface area contributed by atoms with Crippen molar-refractivity contribution in [3.8, 4) is 0 Å². The molecule has 0 aromatic carbocycles. The zero-order valence-corrected chi connectivity index (χ0v) is 19.6. The van der Waals surface area contributed by atoms with Crippen molar-refractivity contribution in [2.45, 2.75) is 136 Å². The molecule has 0 aliphatic carbocycles. The van der Waals surface area contributed by atoms with Gasteiger partial charge in [0.05, 0.1) is 0 Å². The molecule has 0 aromatic heterocycles. The highest BCUT2D eigenvalue weighted by molar-refractivity contribution is 4.65. The van der Waals surface area contributed by atoms with E-state index in [0.29, 0.717) is 6.04 Å². The Balaban J connectivity index is 3.88. The van der Waals surface area contributed by atoms with Crippen molar-refractivity contribution in [2.24, 2.45) is 11.7 Å². The summed E-state index contributed by atoms with van der Waals surface area (Å²) in [6.45, 7) is 13.1. The van der Waals surface area contributed by atoms with Crippen molar-refractivity contribution >= 4 is 0 Å². The fourth-order valence-corrected chi connectivity index (χ4v) is 4.02. The van der Waals surface area contributed by atoms with E-state index in [9.17, 15) is 0 Å². The van der Waals surface area contributed by atoms with E-state index in [-0.39, 0.29) is 0 Å². The molecule has 164 valence electrons. The van der Waals surface area contributed by atoms with Gasteiger partial charge in [0.2, 0.25) is 0 Å². The van der Waals surface area contributed by atoms with Crippen molar-refractivity contribution in [1.82, 2.24) is 4.90 Å². The highest BCUT2D eigenvalue weighted by Crippen LogP contribution is 2.15. The van der Waals surface area contributed by atoms with Crippen LogP contribution in [0.4, 0.5) is 0 Å². The lowest BCUT2D eigenvalue weighted by Crippen LogP contribution is -2.31. The molecule has 0 aliphatic heterocycles. The van der Waals surface area contributed by atoms with Gasteiger partial charge in [0.25, 0.3) is 0 Å². The first-order valence-corrected chi connectivity index (χ1v) is 12.6. The van der Waals surface area contributed by atoms with E-state index in [4.69, 9.17) is 5.73 Å². The molecule has 0 amide bonds. The summed E-state index contributed by atoms with van der Waals surface area (Å²) in [5.41, 5.74) is 5.90. The molecule has 2 nitrogen and oxygen atoms in total. The Morgan fingerprint density at radius 3 is 1.59 bits per heavy atom. The smallest absolute Gasteiger partial charge is 0.00104 e. The van der Waals surface area contributed by atoms with Gasteiger partial charge in [0.15, 0.2) is 0 Å². The van der Waals surface area contributed by atoms with Crippen LogP contribution < -0.4 is 5.73 Å². The van der Waals surface area contributed by atoms with Gasteiger partial charge in [-0.2, -0.15) is 0 Å². The van der Waals surface area contributed by atoms with Crippen molar-refractivity contribution in [2.75, 3.05) is 19.6 Å². The van der Waals surface area contributed by atoms with Crippen molar-refractivity contribution in [3.05, 3.63) is 0 Å². The van der Waals surface area contributed by atoms with Crippen LogP contribution >= 0.6 is 0 Å². The summed E-state index contributed by atoms with van der Waals surface area (Å²) >= 11 is 0. The summed E-state index contributed by atoms with van der Waals surface area (Å²) in [5.74, 6) is 0.852. The molecule has 0 saturated heterocycles. The first kappa shape index (κ1) is 26.9. The van der Waals surface area contributed by atoms with Gasteiger partial charge < -0.3 is 10.6 Å². The van der Waals surface area contributed by atoms with E-state index >= 15 is 0 Å². The Bertz CT molecular complexity index is 277. The molecule has 2 atom stereocenters. The zero-order valence-electron chi connectivity index (χ0n) is 19.6. The standard InChI is InChI=1S/C25H54N2/c1-5-7-9-11-12-13-14-15-19-24(3)23-27(21-17-10-8-6-2)22-18-16-20-25(4)26/h24-25H,5-23,26H2,1-4H3. The molecule has 0 rings (SSSR count). The van der Waals surface area contributed by atoms with E-state index in [1.807, 2.05) is 0 Å². The van der Waals surface area contributed by atoms with Crippen molar-refractivity contribution in [1.29, 1.82) is 0 Å². The maximum atomic E-state index is 5.90. The van der Waals surface area contributed by atoms with Crippen LogP contribution in [0.1, 0.15) is 130 Å². The Labute approximate surface area is 173 Å². The molecular formula is C25H54N2. The number of unbranched alkanes of at least 4 members (excludes halogenated alkanes) is 11. The molecular weight excluding hydrogens is 328 g/mol. The van der Waals surface area contributed by atoms with E-state index < -0.39 is 0 Å². The third-order valence-corrected chi connectivity index (χ3v) is 5.83. The van der Waals surface area contributed by atoms with Crippen LogP contribution in [0, 0.1) is 5.92 Å². The Hall–Kier alpha value is -0.0800. The summed E-state index contributed by atoms with van der Waals surface area (Å²) in [6, 6.07) is 0.365. The summed E-state index contributed by atoms with van der Waals surface area (Å²) in [6.07, 6.45) is 22.2. The van der Waals surface area contributed by atoms with Gasteiger partial charge in [-0.05, 0) is 51.6 Å². The Morgan fingerprint density at radius 1 is 0.593 bits per heavy atom. The minimum Gasteiger partial charge on any atom is -0.328 e. The summed E-state index contributed by atoms with van der Waals surface area (Å²) in [7, 11) is 0. The summed E-state index contributed by atoms with van der Waals surface area (Å²) in [5, 5.41) is 0. The van der Waals surface area contributed by atoms with Crippen LogP contribution in [0.2, 0.25) is 0 Å². The molecule has 0 spiro atoms. The molecule has 2 heteroatoms.